The van der Waals surface area contributed by atoms with Crippen molar-refractivity contribution in [1.82, 2.24) is 14.9 Å². The van der Waals surface area contributed by atoms with Crippen LogP contribution in [-0.2, 0) is 10.0 Å². The standard InChI is InChI=1S/C14H23N3O3S2/c1-14(2,3)15-13(18)17-8-6-11(7-9-17)16-22(19,20)12-5-4-10-21-12/h4-5,10-11,16H,6-9H2,1-3H3,(H,15,18). The van der Waals surface area contributed by atoms with E-state index in [1.807, 2.05) is 20.8 Å². The van der Waals surface area contributed by atoms with Gasteiger partial charge in [0.25, 0.3) is 0 Å². The zero-order chi connectivity index (χ0) is 16.4. The fourth-order valence-electron chi connectivity index (χ4n) is 2.29. The van der Waals surface area contributed by atoms with Gasteiger partial charge in [0.1, 0.15) is 4.21 Å². The van der Waals surface area contributed by atoms with Crippen LogP contribution < -0.4 is 10.0 Å². The van der Waals surface area contributed by atoms with Gasteiger partial charge in [-0.25, -0.2) is 17.9 Å². The smallest absolute Gasteiger partial charge is 0.317 e. The molecule has 6 nitrogen and oxygen atoms in total. The molecule has 0 saturated carbocycles. The summed E-state index contributed by atoms with van der Waals surface area (Å²) in [5.41, 5.74) is -0.269. The van der Waals surface area contributed by atoms with E-state index in [4.69, 9.17) is 0 Å². The minimum Gasteiger partial charge on any atom is -0.333 e. The third-order valence-corrected chi connectivity index (χ3v) is 6.26. The van der Waals surface area contributed by atoms with Crippen LogP contribution in [-0.4, -0.2) is 44.0 Å². The Morgan fingerprint density at radius 3 is 2.45 bits per heavy atom. The molecule has 1 fully saturated rings. The van der Waals surface area contributed by atoms with E-state index >= 15 is 0 Å². The summed E-state index contributed by atoms with van der Waals surface area (Å²) in [6.45, 7) is 6.92. The van der Waals surface area contributed by atoms with Crippen molar-refractivity contribution in [3.8, 4) is 0 Å². The Morgan fingerprint density at radius 1 is 1.32 bits per heavy atom. The van der Waals surface area contributed by atoms with Gasteiger partial charge < -0.3 is 10.2 Å². The maximum Gasteiger partial charge on any atom is 0.317 e. The number of likely N-dealkylation sites (tertiary alicyclic amines) is 1. The SMILES string of the molecule is CC(C)(C)NC(=O)N1CCC(NS(=O)(=O)c2cccs2)CC1. The maximum absolute atomic E-state index is 12.2. The Balaban J connectivity index is 1.86. The lowest BCUT2D eigenvalue weighted by atomic mass is 10.1. The number of carbonyl (C=O) groups is 1. The molecule has 2 N–H and O–H groups in total. The first-order chi connectivity index (χ1) is 10.2. The van der Waals surface area contributed by atoms with Crippen molar-refractivity contribution in [3.63, 3.8) is 0 Å². The van der Waals surface area contributed by atoms with Gasteiger partial charge in [-0.1, -0.05) is 6.07 Å². The van der Waals surface area contributed by atoms with Crippen LogP contribution in [0.15, 0.2) is 21.7 Å². The van der Waals surface area contributed by atoms with Crippen LogP contribution in [0, 0.1) is 0 Å². The average Bonchev–Trinajstić information content (AvgIpc) is 2.91. The fraction of sp³-hybridized carbons (Fsp3) is 0.643. The molecule has 0 spiro atoms. The lowest BCUT2D eigenvalue weighted by Crippen LogP contribution is -2.53. The number of rotatable bonds is 3. The molecule has 22 heavy (non-hydrogen) atoms. The normalized spacial score (nSPS) is 17.5. The maximum atomic E-state index is 12.2. The molecule has 0 bridgehead atoms. The third-order valence-electron chi connectivity index (χ3n) is 3.35. The predicted molar refractivity (Wildman–Crippen MR) is 87.5 cm³/mol. The second-order valence-corrected chi connectivity index (χ2v) is 9.38. The molecular weight excluding hydrogens is 322 g/mol. The number of piperidine rings is 1. The molecule has 0 atom stereocenters. The van der Waals surface area contributed by atoms with Crippen LogP contribution in [0.1, 0.15) is 33.6 Å². The lowest BCUT2D eigenvalue weighted by Gasteiger charge is -2.34. The van der Waals surface area contributed by atoms with E-state index in [-0.39, 0.29) is 17.6 Å². The molecule has 2 amide bonds. The van der Waals surface area contributed by atoms with E-state index in [9.17, 15) is 13.2 Å². The summed E-state index contributed by atoms with van der Waals surface area (Å²) in [7, 11) is -3.43. The highest BCUT2D eigenvalue weighted by Gasteiger charge is 2.28. The molecule has 1 saturated heterocycles. The topological polar surface area (TPSA) is 78.5 Å². The summed E-state index contributed by atoms with van der Waals surface area (Å²) < 4.78 is 27.4. The number of thiophene rings is 1. The van der Waals surface area contributed by atoms with Crippen LogP contribution in [0.25, 0.3) is 0 Å². The Hall–Kier alpha value is -1.12. The van der Waals surface area contributed by atoms with Gasteiger partial charge in [0.2, 0.25) is 10.0 Å². The van der Waals surface area contributed by atoms with Crippen molar-refractivity contribution >= 4 is 27.4 Å². The van der Waals surface area contributed by atoms with Gasteiger partial charge in [-0.3, -0.25) is 0 Å². The third kappa shape index (κ3) is 4.69. The number of carbonyl (C=O) groups excluding carboxylic acids is 1. The van der Waals surface area contributed by atoms with Gasteiger partial charge in [-0.15, -0.1) is 11.3 Å². The van der Waals surface area contributed by atoms with E-state index in [1.54, 1.807) is 22.4 Å². The monoisotopic (exact) mass is 345 g/mol. The Labute approximate surface area is 135 Å². The van der Waals surface area contributed by atoms with Crippen LogP contribution >= 0.6 is 11.3 Å². The van der Waals surface area contributed by atoms with Gasteiger partial charge >= 0.3 is 6.03 Å². The molecule has 1 aliphatic rings. The van der Waals surface area contributed by atoms with Gasteiger partial charge in [0.15, 0.2) is 0 Å². The molecule has 0 aliphatic carbocycles. The van der Waals surface area contributed by atoms with Crippen LogP contribution in [0.3, 0.4) is 0 Å². The molecule has 0 radical (unpaired) electrons. The highest BCUT2D eigenvalue weighted by Crippen LogP contribution is 2.19. The first-order valence-electron chi connectivity index (χ1n) is 7.30. The van der Waals surface area contributed by atoms with Gasteiger partial charge in [-0.05, 0) is 45.1 Å². The number of nitrogens with zero attached hydrogens (tertiary/aromatic N) is 1. The summed E-state index contributed by atoms with van der Waals surface area (Å²) in [5, 5.41) is 4.67. The summed E-state index contributed by atoms with van der Waals surface area (Å²) in [5.74, 6) is 0. The van der Waals surface area contributed by atoms with E-state index in [2.05, 4.69) is 10.0 Å². The van der Waals surface area contributed by atoms with Crippen LogP contribution in [0.4, 0.5) is 4.79 Å². The van der Waals surface area contributed by atoms with Crippen molar-refractivity contribution in [2.75, 3.05) is 13.1 Å². The van der Waals surface area contributed by atoms with Crippen molar-refractivity contribution in [1.29, 1.82) is 0 Å². The second kappa shape index (κ2) is 6.55. The number of hydrogen-bond donors (Lipinski definition) is 2. The van der Waals surface area contributed by atoms with Gasteiger partial charge in [0.05, 0.1) is 0 Å². The number of hydrogen-bond acceptors (Lipinski definition) is 4. The largest absolute Gasteiger partial charge is 0.333 e. The highest BCUT2D eigenvalue weighted by atomic mass is 32.2. The number of nitrogens with one attached hydrogen (secondary N) is 2. The second-order valence-electron chi connectivity index (χ2n) is 6.49. The highest BCUT2D eigenvalue weighted by molar-refractivity contribution is 7.91. The molecule has 1 aromatic heterocycles. The van der Waals surface area contributed by atoms with E-state index in [0.29, 0.717) is 30.1 Å². The van der Waals surface area contributed by atoms with Gasteiger partial charge in [-0.2, -0.15) is 0 Å². The quantitative estimate of drug-likeness (QED) is 0.879. The molecule has 0 unspecified atom stereocenters. The molecule has 0 aromatic carbocycles. The first kappa shape index (κ1) is 17.2. The molecule has 2 heterocycles. The Kier molecular flexibility index (Phi) is 5.14. The average molecular weight is 345 g/mol. The number of amides is 2. The summed E-state index contributed by atoms with van der Waals surface area (Å²) in [4.78, 5) is 13.8. The Bertz CT molecular complexity index is 598. The lowest BCUT2D eigenvalue weighted by molar-refractivity contribution is 0.172. The van der Waals surface area contributed by atoms with E-state index in [1.165, 1.54) is 11.3 Å². The molecule has 124 valence electrons. The van der Waals surface area contributed by atoms with Gasteiger partial charge in [0, 0.05) is 24.7 Å². The minimum atomic E-state index is -3.43. The zero-order valence-electron chi connectivity index (χ0n) is 13.1. The van der Waals surface area contributed by atoms with Crippen molar-refractivity contribution in [2.24, 2.45) is 0 Å². The summed E-state index contributed by atoms with van der Waals surface area (Å²) >= 11 is 1.21. The number of sulfonamides is 1. The molecule has 1 aromatic rings. The first-order valence-corrected chi connectivity index (χ1v) is 9.66. The molecule has 8 heteroatoms. The van der Waals surface area contributed by atoms with E-state index in [0.717, 1.165) is 0 Å². The number of urea groups is 1. The van der Waals surface area contributed by atoms with Crippen LogP contribution in [0.5, 0.6) is 0 Å². The molecular formula is C14H23N3O3S2. The zero-order valence-corrected chi connectivity index (χ0v) is 14.8. The van der Waals surface area contributed by atoms with Crippen molar-refractivity contribution in [2.45, 2.75) is 49.4 Å². The fourth-order valence-corrected chi connectivity index (χ4v) is 4.61. The molecule has 1 aliphatic heterocycles. The summed E-state index contributed by atoms with van der Waals surface area (Å²) in [6.07, 6.45) is 1.25. The van der Waals surface area contributed by atoms with Crippen molar-refractivity contribution < 1.29 is 13.2 Å². The van der Waals surface area contributed by atoms with Crippen LogP contribution in [0.2, 0.25) is 0 Å². The van der Waals surface area contributed by atoms with Crippen molar-refractivity contribution in [3.05, 3.63) is 17.5 Å². The predicted octanol–water partition coefficient (Wildman–Crippen LogP) is 2.00. The Morgan fingerprint density at radius 2 is 1.95 bits per heavy atom. The molecule has 2 rings (SSSR count). The van der Waals surface area contributed by atoms with E-state index < -0.39 is 10.0 Å². The minimum absolute atomic E-state index is 0.0907. The summed E-state index contributed by atoms with van der Waals surface area (Å²) in [6, 6.07) is 3.11.